The van der Waals surface area contributed by atoms with Crippen LogP contribution < -0.4 is 5.32 Å². The fraction of sp³-hybridized carbons (Fsp3) is 0.130. The minimum absolute atomic E-state index is 0.318. The van der Waals surface area contributed by atoms with Gasteiger partial charge in [-0.3, -0.25) is 4.79 Å². The fourth-order valence-electron chi connectivity index (χ4n) is 2.78. The number of hydrogen-bond acceptors (Lipinski definition) is 3. The first-order valence-electron chi connectivity index (χ1n) is 9.15. The van der Waals surface area contributed by atoms with Crippen molar-refractivity contribution in [3.05, 3.63) is 100 Å². The van der Waals surface area contributed by atoms with E-state index in [0.29, 0.717) is 22.3 Å². The summed E-state index contributed by atoms with van der Waals surface area (Å²) in [4.78, 5) is 25.5. The van der Waals surface area contributed by atoms with Gasteiger partial charge in [0.25, 0.3) is 5.91 Å². The molecule has 3 rings (SSSR count). The molecule has 0 saturated heterocycles. The summed E-state index contributed by atoms with van der Waals surface area (Å²) in [5.74, 6) is -1.73. The number of amides is 1. The van der Waals surface area contributed by atoms with Crippen molar-refractivity contribution in [2.75, 3.05) is 5.32 Å². The van der Waals surface area contributed by atoms with Crippen LogP contribution in [0.2, 0.25) is 5.02 Å². The Bertz CT molecular complexity index is 1100. The second-order valence-corrected chi connectivity index (χ2v) is 7.14. The monoisotopic (exact) mass is 447 g/mol. The molecule has 31 heavy (non-hydrogen) atoms. The van der Waals surface area contributed by atoms with E-state index in [0.717, 1.165) is 17.7 Å². The number of aryl methyl sites for hydroxylation is 1. The maximum Gasteiger partial charge on any atom is 0.416 e. The normalized spacial score (nSPS) is 12.2. The van der Waals surface area contributed by atoms with Crippen molar-refractivity contribution in [1.82, 2.24) is 0 Å². The molecule has 0 saturated carbocycles. The maximum absolute atomic E-state index is 13.0. The SMILES string of the molecule is Cc1ccc(NC(=O)[C@H](OC(=O)c2cccc(C(F)(F)F)c2)c2ccccc2)cc1Cl. The smallest absolute Gasteiger partial charge is 0.416 e. The first kappa shape index (κ1) is 22.4. The highest BCUT2D eigenvalue weighted by Crippen LogP contribution is 2.30. The van der Waals surface area contributed by atoms with Gasteiger partial charge in [-0.1, -0.05) is 54.1 Å². The highest BCUT2D eigenvalue weighted by atomic mass is 35.5. The zero-order valence-electron chi connectivity index (χ0n) is 16.2. The number of carbonyl (C=O) groups is 2. The molecule has 0 aliphatic heterocycles. The van der Waals surface area contributed by atoms with E-state index >= 15 is 0 Å². The Labute approximate surface area is 181 Å². The molecule has 1 amide bonds. The number of anilines is 1. The zero-order chi connectivity index (χ0) is 22.6. The van der Waals surface area contributed by atoms with Gasteiger partial charge >= 0.3 is 12.1 Å². The largest absolute Gasteiger partial charge is 0.444 e. The molecule has 0 bridgehead atoms. The fourth-order valence-corrected chi connectivity index (χ4v) is 2.96. The molecule has 0 unspecified atom stereocenters. The van der Waals surface area contributed by atoms with E-state index in [4.69, 9.17) is 16.3 Å². The van der Waals surface area contributed by atoms with Gasteiger partial charge in [0.2, 0.25) is 6.10 Å². The van der Waals surface area contributed by atoms with Crippen LogP contribution in [0.3, 0.4) is 0 Å². The molecule has 3 aromatic carbocycles. The minimum atomic E-state index is -4.61. The van der Waals surface area contributed by atoms with Gasteiger partial charge in [-0.25, -0.2) is 4.79 Å². The van der Waals surface area contributed by atoms with Gasteiger partial charge in [-0.05, 0) is 42.8 Å². The van der Waals surface area contributed by atoms with Gasteiger partial charge in [0.15, 0.2) is 0 Å². The summed E-state index contributed by atoms with van der Waals surface area (Å²) in [6.45, 7) is 1.80. The predicted octanol–water partition coefficient (Wildman–Crippen LogP) is 6.20. The average molecular weight is 448 g/mol. The lowest BCUT2D eigenvalue weighted by molar-refractivity contribution is -0.137. The van der Waals surface area contributed by atoms with Crippen LogP contribution in [0.5, 0.6) is 0 Å². The van der Waals surface area contributed by atoms with Crippen molar-refractivity contribution >= 4 is 29.2 Å². The third-order valence-electron chi connectivity index (χ3n) is 4.43. The number of esters is 1. The Morgan fingerprint density at radius 1 is 0.968 bits per heavy atom. The van der Waals surface area contributed by atoms with Crippen molar-refractivity contribution in [1.29, 1.82) is 0 Å². The van der Waals surface area contributed by atoms with Gasteiger partial charge in [0.1, 0.15) is 0 Å². The van der Waals surface area contributed by atoms with Crippen molar-refractivity contribution in [3.63, 3.8) is 0 Å². The highest BCUT2D eigenvalue weighted by molar-refractivity contribution is 6.31. The Morgan fingerprint density at radius 3 is 2.32 bits per heavy atom. The maximum atomic E-state index is 13.0. The number of hydrogen-bond donors (Lipinski definition) is 1. The van der Waals surface area contributed by atoms with E-state index in [1.165, 1.54) is 6.07 Å². The van der Waals surface area contributed by atoms with E-state index in [-0.39, 0.29) is 5.56 Å². The van der Waals surface area contributed by atoms with E-state index in [9.17, 15) is 22.8 Å². The quantitative estimate of drug-likeness (QED) is 0.473. The molecule has 3 aromatic rings. The number of rotatable bonds is 5. The van der Waals surface area contributed by atoms with Crippen LogP contribution in [-0.2, 0) is 15.7 Å². The van der Waals surface area contributed by atoms with Gasteiger partial charge in [-0.2, -0.15) is 13.2 Å². The molecule has 0 aromatic heterocycles. The molecule has 4 nitrogen and oxygen atoms in total. The van der Waals surface area contributed by atoms with E-state index < -0.39 is 29.7 Å². The van der Waals surface area contributed by atoms with Crippen molar-refractivity contribution in [2.24, 2.45) is 0 Å². The lowest BCUT2D eigenvalue weighted by Gasteiger charge is -2.19. The summed E-state index contributed by atoms with van der Waals surface area (Å²) in [7, 11) is 0. The first-order chi connectivity index (χ1) is 14.6. The van der Waals surface area contributed by atoms with Gasteiger partial charge in [-0.15, -0.1) is 0 Å². The molecule has 1 N–H and O–H groups in total. The van der Waals surface area contributed by atoms with Gasteiger partial charge in [0, 0.05) is 16.3 Å². The standard InChI is InChI=1S/C23H17ClF3NO3/c1-14-10-11-18(13-19(14)24)28-21(29)20(15-6-3-2-4-7-15)31-22(30)16-8-5-9-17(12-16)23(25,26)27/h2-13,20H,1H3,(H,28,29)/t20-/m1/s1. The second kappa shape index (κ2) is 9.22. The summed E-state index contributed by atoms with van der Waals surface area (Å²) in [5.41, 5.74) is 0.254. The summed E-state index contributed by atoms with van der Waals surface area (Å²) in [5, 5.41) is 3.06. The molecular formula is C23H17ClF3NO3. The van der Waals surface area contributed by atoms with Crippen molar-refractivity contribution in [2.45, 2.75) is 19.2 Å². The Hall–Kier alpha value is -3.32. The Morgan fingerprint density at radius 2 is 1.68 bits per heavy atom. The zero-order valence-corrected chi connectivity index (χ0v) is 17.0. The van der Waals surface area contributed by atoms with Crippen LogP contribution in [0.1, 0.15) is 33.2 Å². The molecular weight excluding hydrogens is 431 g/mol. The lowest BCUT2D eigenvalue weighted by Crippen LogP contribution is -2.26. The number of benzene rings is 3. The molecule has 0 spiro atoms. The van der Waals surface area contributed by atoms with Crippen LogP contribution in [0.15, 0.2) is 72.8 Å². The molecule has 1 atom stereocenters. The average Bonchev–Trinajstić information content (AvgIpc) is 2.74. The molecule has 0 radical (unpaired) electrons. The third kappa shape index (κ3) is 5.64. The summed E-state index contributed by atoms with van der Waals surface area (Å²) < 4.78 is 44.2. The van der Waals surface area contributed by atoms with Crippen molar-refractivity contribution in [3.8, 4) is 0 Å². The number of halogens is 4. The summed E-state index contributed by atoms with van der Waals surface area (Å²) in [6.07, 6.45) is -6.00. The number of carbonyl (C=O) groups excluding carboxylic acids is 2. The molecule has 0 aliphatic rings. The molecule has 8 heteroatoms. The summed E-state index contributed by atoms with van der Waals surface area (Å²) in [6, 6.07) is 16.9. The van der Waals surface area contributed by atoms with E-state index in [2.05, 4.69) is 5.32 Å². The number of nitrogens with one attached hydrogen (secondary N) is 1. The lowest BCUT2D eigenvalue weighted by atomic mass is 10.1. The molecule has 0 fully saturated rings. The van der Waals surface area contributed by atoms with Crippen LogP contribution >= 0.6 is 11.6 Å². The molecule has 0 heterocycles. The van der Waals surface area contributed by atoms with Gasteiger partial charge < -0.3 is 10.1 Å². The predicted molar refractivity (Wildman–Crippen MR) is 111 cm³/mol. The first-order valence-corrected chi connectivity index (χ1v) is 9.53. The van der Waals surface area contributed by atoms with Crippen molar-refractivity contribution < 1.29 is 27.5 Å². The van der Waals surface area contributed by atoms with E-state index in [1.807, 2.05) is 0 Å². The molecule has 0 aliphatic carbocycles. The Kier molecular flexibility index (Phi) is 6.65. The second-order valence-electron chi connectivity index (χ2n) is 6.73. The third-order valence-corrected chi connectivity index (χ3v) is 4.84. The van der Waals surface area contributed by atoms with E-state index in [1.54, 1.807) is 55.5 Å². The summed E-state index contributed by atoms with van der Waals surface area (Å²) >= 11 is 6.08. The van der Waals surface area contributed by atoms with Crippen LogP contribution in [0.25, 0.3) is 0 Å². The van der Waals surface area contributed by atoms with Crippen LogP contribution in [-0.4, -0.2) is 11.9 Å². The van der Waals surface area contributed by atoms with Crippen LogP contribution in [0.4, 0.5) is 18.9 Å². The van der Waals surface area contributed by atoms with Gasteiger partial charge in [0.05, 0.1) is 11.1 Å². The highest BCUT2D eigenvalue weighted by Gasteiger charge is 2.32. The Balaban J connectivity index is 1.87. The number of alkyl halides is 3. The topological polar surface area (TPSA) is 55.4 Å². The minimum Gasteiger partial charge on any atom is -0.444 e. The van der Waals surface area contributed by atoms with Crippen LogP contribution in [0, 0.1) is 6.92 Å². The number of ether oxygens (including phenoxy) is 1. The molecule has 160 valence electrons.